The number of hydrogen-bond acceptors (Lipinski definition) is 2. The largest absolute Gasteiger partial charge is 0.317 e. The van der Waals surface area contributed by atoms with Crippen LogP contribution in [0.25, 0.3) is 0 Å². The molecule has 0 spiro atoms. The van der Waals surface area contributed by atoms with Crippen molar-refractivity contribution in [2.24, 2.45) is 0 Å². The first-order valence-corrected chi connectivity index (χ1v) is 5.46. The maximum atomic E-state index is 8.93. The van der Waals surface area contributed by atoms with Crippen molar-refractivity contribution in [2.45, 2.75) is 52.5 Å². The van der Waals surface area contributed by atoms with E-state index in [-0.39, 0.29) is 6.04 Å². The van der Waals surface area contributed by atoms with E-state index in [1.165, 1.54) is 16.7 Å². The second-order valence-electron chi connectivity index (χ2n) is 4.00. The van der Waals surface area contributed by atoms with Crippen molar-refractivity contribution in [3.05, 3.63) is 22.8 Å². The molecule has 0 aromatic rings. The Balaban J connectivity index is 2.83. The van der Waals surface area contributed by atoms with Gasteiger partial charge in [0.2, 0.25) is 0 Å². The van der Waals surface area contributed by atoms with Gasteiger partial charge in [0.05, 0.1) is 0 Å². The van der Waals surface area contributed by atoms with Crippen molar-refractivity contribution in [1.29, 1.82) is 0 Å². The summed E-state index contributed by atoms with van der Waals surface area (Å²) in [6, 6.07) is 0.246. The van der Waals surface area contributed by atoms with Gasteiger partial charge in [0.1, 0.15) is 0 Å². The van der Waals surface area contributed by atoms with Crippen molar-refractivity contribution < 1.29 is 5.21 Å². The number of rotatable bonds is 3. The van der Waals surface area contributed by atoms with Crippen LogP contribution in [-0.2, 0) is 0 Å². The lowest BCUT2D eigenvalue weighted by molar-refractivity contribution is 0.119. The Kier molecular flexibility index (Phi) is 4.36. The summed E-state index contributed by atoms with van der Waals surface area (Å²) >= 11 is 0. The van der Waals surface area contributed by atoms with Crippen LogP contribution >= 0.6 is 0 Å². The zero-order chi connectivity index (χ0) is 10.6. The highest BCUT2D eigenvalue weighted by Crippen LogP contribution is 2.30. The average Bonchev–Trinajstić information content (AvgIpc) is 2.22. The van der Waals surface area contributed by atoms with Crippen LogP contribution in [0.5, 0.6) is 0 Å². The number of hydroxylamine groups is 1. The van der Waals surface area contributed by atoms with Gasteiger partial charge in [-0.05, 0) is 50.7 Å². The molecule has 2 heteroatoms. The Labute approximate surface area is 86.7 Å². The third-order valence-electron chi connectivity index (χ3n) is 3.13. The second kappa shape index (κ2) is 5.32. The highest BCUT2D eigenvalue weighted by Gasteiger charge is 2.19. The lowest BCUT2D eigenvalue weighted by Gasteiger charge is -2.26. The number of hydrogen-bond donors (Lipinski definition) is 2. The summed E-state index contributed by atoms with van der Waals surface area (Å²) in [6.07, 6.45) is 6.40. The van der Waals surface area contributed by atoms with Gasteiger partial charge in [0.25, 0.3) is 0 Å². The van der Waals surface area contributed by atoms with Gasteiger partial charge in [-0.1, -0.05) is 18.6 Å². The molecule has 1 aliphatic carbocycles. The lowest BCUT2D eigenvalue weighted by atomic mass is 9.84. The van der Waals surface area contributed by atoms with Crippen LogP contribution in [0, 0.1) is 0 Å². The van der Waals surface area contributed by atoms with E-state index in [0.717, 1.165) is 25.7 Å². The van der Waals surface area contributed by atoms with Gasteiger partial charge >= 0.3 is 0 Å². The van der Waals surface area contributed by atoms with Gasteiger partial charge < -0.3 is 5.21 Å². The SMILES string of the molecule is C/C=C(/CC)C1=C(C)CCC(NO)C1. The maximum Gasteiger partial charge on any atom is 0.0363 e. The summed E-state index contributed by atoms with van der Waals surface area (Å²) in [7, 11) is 0. The molecule has 0 aromatic carbocycles. The van der Waals surface area contributed by atoms with Crippen LogP contribution in [0.3, 0.4) is 0 Å². The lowest BCUT2D eigenvalue weighted by Crippen LogP contribution is -2.29. The molecule has 1 atom stereocenters. The van der Waals surface area contributed by atoms with Crippen LogP contribution in [0.15, 0.2) is 22.8 Å². The van der Waals surface area contributed by atoms with Crippen LogP contribution < -0.4 is 5.48 Å². The maximum absolute atomic E-state index is 8.93. The molecule has 14 heavy (non-hydrogen) atoms. The molecule has 0 saturated carbocycles. The van der Waals surface area contributed by atoms with E-state index in [1.807, 2.05) is 0 Å². The highest BCUT2D eigenvalue weighted by molar-refractivity contribution is 5.36. The van der Waals surface area contributed by atoms with Gasteiger partial charge in [0, 0.05) is 6.04 Å². The zero-order valence-corrected chi connectivity index (χ0v) is 9.43. The predicted octanol–water partition coefficient (Wildman–Crippen LogP) is 3.19. The van der Waals surface area contributed by atoms with Crippen molar-refractivity contribution in [2.75, 3.05) is 0 Å². The fraction of sp³-hybridized carbons (Fsp3) is 0.667. The number of allylic oxidation sites excluding steroid dienone is 3. The quantitative estimate of drug-likeness (QED) is 0.678. The Hall–Kier alpha value is -0.600. The fourth-order valence-corrected chi connectivity index (χ4v) is 2.17. The standard InChI is InChI=1S/C12H21NO/c1-4-10(5-2)12-8-11(13-14)7-6-9(12)3/h4,11,13-14H,5-8H2,1-3H3/b10-4-. The summed E-state index contributed by atoms with van der Waals surface area (Å²) in [6.45, 7) is 6.49. The Bertz CT molecular complexity index is 253. The predicted molar refractivity (Wildman–Crippen MR) is 59.3 cm³/mol. The van der Waals surface area contributed by atoms with Gasteiger partial charge in [-0.2, -0.15) is 0 Å². The van der Waals surface area contributed by atoms with E-state index < -0.39 is 0 Å². The second-order valence-corrected chi connectivity index (χ2v) is 4.00. The Morgan fingerprint density at radius 1 is 1.64 bits per heavy atom. The van der Waals surface area contributed by atoms with E-state index in [9.17, 15) is 0 Å². The Morgan fingerprint density at radius 2 is 2.36 bits per heavy atom. The first kappa shape index (κ1) is 11.5. The molecule has 1 aliphatic rings. The summed E-state index contributed by atoms with van der Waals surface area (Å²) in [4.78, 5) is 0. The molecule has 0 fully saturated rings. The van der Waals surface area contributed by atoms with Crippen molar-refractivity contribution in [3.8, 4) is 0 Å². The minimum absolute atomic E-state index is 0.246. The van der Waals surface area contributed by atoms with Gasteiger partial charge in [-0.15, -0.1) is 0 Å². The van der Waals surface area contributed by atoms with E-state index >= 15 is 0 Å². The molecular formula is C12H21NO. The van der Waals surface area contributed by atoms with Gasteiger partial charge in [0.15, 0.2) is 0 Å². The van der Waals surface area contributed by atoms with Crippen LogP contribution in [0.2, 0.25) is 0 Å². The molecule has 0 saturated heterocycles. The summed E-state index contributed by atoms with van der Waals surface area (Å²) in [5.74, 6) is 0. The van der Waals surface area contributed by atoms with Crippen LogP contribution in [-0.4, -0.2) is 11.2 Å². The molecule has 0 aliphatic heterocycles. The average molecular weight is 195 g/mol. The molecule has 1 unspecified atom stereocenters. The van der Waals surface area contributed by atoms with Gasteiger partial charge in [-0.25, -0.2) is 5.48 Å². The van der Waals surface area contributed by atoms with Crippen LogP contribution in [0.4, 0.5) is 0 Å². The molecule has 0 aromatic heterocycles. The normalized spacial score (nSPS) is 24.3. The van der Waals surface area contributed by atoms with E-state index in [0.29, 0.717) is 0 Å². The summed E-state index contributed by atoms with van der Waals surface area (Å²) in [5, 5.41) is 8.93. The topological polar surface area (TPSA) is 32.3 Å². The first-order chi connectivity index (χ1) is 6.72. The van der Waals surface area contributed by atoms with E-state index in [2.05, 4.69) is 32.3 Å². The third kappa shape index (κ3) is 2.46. The minimum Gasteiger partial charge on any atom is -0.317 e. The summed E-state index contributed by atoms with van der Waals surface area (Å²) < 4.78 is 0. The molecule has 0 amide bonds. The smallest absolute Gasteiger partial charge is 0.0363 e. The van der Waals surface area contributed by atoms with Crippen molar-refractivity contribution in [3.63, 3.8) is 0 Å². The molecule has 0 heterocycles. The van der Waals surface area contributed by atoms with Crippen LogP contribution in [0.1, 0.15) is 46.5 Å². The molecule has 2 N–H and O–H groups in total. The molecular weight excluding hydrogens is 174 g/mol. The first-order valence-electron chi connectivity index (χ1n) is 5.46. The molecule has 2 nitrogen and oxygen atoms in total. The van der Waals surface area contributed by atoms with Crippen molar-refractivity contribution in [1.82, 2.24) is 5.48 Å². The molecule has 0 bridgehead atoms. The molecule has 1 rings (SSSR count). The van der Waals surface area contributed by atoms with E-state index in [4.69, 9.17) is 5.21 Å². The minimum atomic E-state index is 0.246. The zero-order valence-electron chi connectivity index (χ0n) is 9.43. The fourth-order valence-electron chi connectivity index (χ4n) is 2.17. The molecule has 0 radical (unpaired) electrons. The van der Waals surface area contributed by atoms with Crippen molar-refractivity contribution >= 4 is 0 Å². The third-order valence-corrected chi connectivity index (χ3v) is 3.13. The number of nitrogens with one attached hydrogen (secondary N) is 1. The van der Waals surface area contributed by atoms with Gasteiger partial charge in [-0.3, -0.25) is 0 Å². The molecule has 80 valence electrons. The van der Waals surface area contributed by atoms with E-state index in [1.54, 1.807) is 0 Å². The Morgan fingerprint density at radius 3 is 2.86 bits per heavy atom. The monoisotopic (exact) mass is 195 g/mol. The summed E-state index contributed by atoms with van der Waals surface area (Å²) in [5.41, 5.74) is 6.77. The highest BCUT2D eigenvalue weighted by atomic mass is 16.5.